The molecule has 5 nitrogen and oxygen atoms in total. The van der Waals surface area contributed by atoms with Crippen LogP contribution in [0.3, 0.4) is 0 Å². The first kappa shape index (κ1) is 18.8. The van der Waals surface area contributed by atoms with Gasteiger partial charge in [-0.15, -0.1) is 0 Å². The number of rotatable bonds is 9. The van der Waals surface area contributed by atoms with Crippen molar-refractivity contribution in [3.63, 3.8) is 0 Å². The van der Waals surface area contributed by atoms with E-state index in [4.69, 9.17) is 9.47 Å². The van der Waals surface area contributed by atoms with Gasteiger partial charge in [-0.3, -0.25) is 0 Å². The highest BCUT2D eigenvalue weighted by Gasteiger charge is 2.25. The number of aliphatic hydroxyl groups is 1. The maximum atomic E-state index is 10.1. The van der Waals surface area contributed by atoms with E-state index < -0.39 is 0 Å². The van der Waals surface area contributed by atoms with Gasteiger partial charge in [-0.2, -0.15) is 0 Å². The summed E-state index contributed by atoms with van der Waals surface area (Å²) in [7, 11) is 0. The highest BCUT2D eigenvalue weighted by molar-refractivity contribution is 5.13. The zero-order valence-corrected chi connectivity index (χ0v) is 15.2. The summed E-state index contributed by atoms with van der Waals surface area (Å²) in [6, 6.07) is 11.4. The third kappa shape index (κ3) is 6.68. The normalized spacial score (nSPS) is 28.1. The molecule has 0 radical (unpaired) electrons. The zero-order valence-electron chi connectivity index (χ0n) is 15.2. The lowest BCUT2D eigenvalue weighted by Gasteiger charge is -2.28. The van der Waals surface area contributed by atoms with Gasteiger partial charge in [0.15, 0.2) is 0 Å². The average Bonchev–Trinajstić information content (AvgIpc) is 3.15. The van der Waals surface area contributed by atoms with Crippen molar-refractivity contribution < 1.29 is 24.8 Å². The summed E-state index contributed by atoms with van der Waals surface area (Å²) in [6.07, 6.45) is 4.54. The lowest BCUT2D eigenvalue weighted by Crippen LogP contribution is -3.13. The largest absolute Gasteiger partial charge is 0.385 e. The number of piperidine rings is 1. The Balaban J connectivity index is 1.24. The zero-order chi connectivity index (χ0) is 17.3. The smallest absolute Gasteiger partial charge is 0.126 e. The molecule has 0 amide bonds. The van der Waals surface area contributed by atoms with E-state index in [0.717, 1.165) is 32.5 Å². The predicted octanol–water partition coefficient (Wildman–Crippen LogP) is -0.646. The number of likely N-dealkylation sites (tertiary alicyclic amines) is 1. The van der Waals surface area contributed by atoms with Crippen molar-refractivity contribution >= 4 is 0 Å². The molecule has 2 aliphatic rings. The molecule has 0 aliphatic carbocycles. The Bertz CT molecular complexity index is 471. The molecule has 0 spiro atoms. The molecule has 1 aromatic rings. The third-order valence-corrected chi connectivity index (χ3v) is 5.41. The Morgan fingerprint density at radius 3 is 2.72 bits per heavy atom. The molecular formula is C20H34N2O3+2. The SMILES string of the molecule is O[C@H](C[NH2+]C1CC[NH+](Cc2ccccc2)CC1)COC[C@H]1CCCO1. The maximum absolute atomic E-state index is 10.1. The highest BCUT2D eigenvalue weighted by atomic mass is 16.5. The number of hydrogen-bond donors (Lipinski definition) is 3. The molecule has 25 heavy (non-hydrogen) atoms. The van der Waals surface area contributed by atoms with Crippen molar-refractivity contribution in [3.05, 3.63) is 35.9 Å². The molecule has 5 heteroatoms. The molecule has 140 valence electrons. The second kappa shape index (κ2) is 10.2. The van der Waals surface area contributed by atoms with Crippen molar-refractivity contribution in [2.45, 2.75) is 50.5 Å². The maximum Gasteiger partial charge on any atom is 0.126 e. The summed E-state index contributed by atoms with van der Waals surface area (Å²) in [5, 5.41) is 12.4. The van der Waals surface area contributed by atoms with Crippen LogP contribution in [0.15, 0.2) is 30.3 Å². The molecule has 2 saturated heterocycles. The van der Waals surface area contributed by atoms with E-state index in [1.807, 2.05) is 0 Å². The van der Waals surface area contributed by atoms with Gasteiger partial charge in [0.2, 0.25) is 0 Å². The molecule has 0 bridgehead atoms. The fourth-order valence-electron chi connectivity index (χ4n) is 3.87. The summed E-state index contributed by atoms with van der Waals surface area (Å²) in [5.41, 5.74) is 1.43. The summed E-state index contributed by atoms with van der Waals surface area (Å²) in [4.78, 5) is 1.68. The van der Waals surface area contributed by atoms with Gasteiger partial charge in [0.1, 0.15) is 19.2 Å². The minimum atomic E-state index is -0.379. The molecule has 1 aromatic carbocycles. The molecule has 0 unspecified atom stereocenters. The first-order chi connectivity index (χ1) is 12.3. The number of aliphatic hydroxyl groups excluding tert-OH is 1. The van der Waals surface area contributed by atoms with E-state index in [2.05, 4.69) is 35.6 Å². The van der Waals surface area contributed by atoms with Crippen molar-refractivity contribution in [2.24, 2.45) is 0 Å². The van der Waals surface area contributed by atoms with Crippen LogP contribution in [-0.4, -0.2) is 62.8 Å². The minimum Gasteiger partial charge on any atom is -0.385 e. The van der Waals surface area contributed by atoms with E-state index in [-0.39, 0.29) is 12.2 Å². The first-order valence-electron chi connectivity index (χ1n) is 9.88. The first-order valence-corrected chi connectivity index (χ1v) is 9.88. The predicted molar refractivity (Wildman–Crippen MR) is 96.5 cm³/mol. The monoisotopic (exact) mass is 350 g/mol. The van der Waals surface area contributed by atoms with Gasteiger partial charge in [-0.05, 0) is 12.8 Å². The Kier molecular flexibility index (Phi) is 7.70. The summed E-state index contributed by atoms with van der Waals surface area (Å²) < 4.78 is 11.1. The van der Waals surface area contributed by atoms with Gasteiger partial charge >= 0.3 is 0 Å². The van der Waals surface area contributed by atoms with Crippen molar-refractivity contribution in [3.8, 4) is 0 Å². The van der Waals surface area contributed by atoms with Crippen LogP contribution in [0.4, 0.5) is 0 Å². The lowest BCUT2D eigenvalue weighted by molar-refractivity contribution is -0.926. The molecule has 2 aliphatic heterocycles. The topological polar surface area (TPSA) is 59.7 Å². The van der Waals surface area contributed by atoms with Gasteiger partial charge in [-0.1, -0.05) is 30.3 Å². The Morgan fingerprint density at radius 2 is 2.00 bits per heavy atom. The number of nitrogens with one attached hydrogen (secondary N) is 1. The molecule has 2 heterocycles. The molecule has 4 N–H and O–H groups in total. The van der Waals surface area contributed by atoms with Crippen LogP contribution in [0.1, 0.15) is 31.2 Å². The molecule has 0 aromatic heterocycles. The second-order valence-electron chi connectivity index (χ2n) is 7.55. The van der Waals surface area contributed by atoms with Crippen LogP contribution in [0.25, 0.3) is 0 Å². The molecule has 2 atom stereocenters. The van der Waals surface area contributed by atoms with Gasteiger partial charge in [0.05, 0.1) is 38.4 Å². The van der Waals surface area contributed by atoms with E-state index in [0.29, 0.717) is 19.3 Å². The van der Waals surface area contributed by atoms with Crippen LogP contribution in [0, 0.1) is 0 Å². The Morgan fingerprint density at radius 1 is 1.20 bits per heavy atom. The van der Waals surface area contributed by atoms with Gasteiger partial charge in [-0.25, -0.2) is 0 Å². The lowest BCUT2D eigenvalue weighted by atomic mass is 10.0. The summed E-state index contributed by atoms with van der Waals surface area (Å²) in [5.74, 6) is 0. The van der Waals surface area contributed by atoms with Crippen molar-refractivity contribution in [1.29, 1.82) is 0 Å². The van der Waals surface area contributed by atoms with E-state index in [9.17, 15) is 5.11 Å². The standard InChI is InChI=1S/C20H32N2O3/c23-19(15-24-16-20-7-4-12-25-20)13-21-18-8-10-22(11-9-18)14-17-5-2-1-3-6-17/h1-3,5-6,18-21,23H,4,7-16H2/p+2/t19-,20-/m1/s1. The third-order valence-electron chi connectivity index (χ3n) is 5.41. The van der Waals surface area contributed by atoms with Crippen LogP contribution in [0.2, 0.25) is 0 Å². The van der Waals surface area contributed by atoms with Crippen LogP contribution in [-0.2, 0) is 16.0 Å². The van der Waals surface area contributed by atoms with Crippen LogP contribution < -0.4 is 10.2 Å². The highest BCUT2D eigenvalue weighted by Crippen LogP contribution is 2.11. The number of nitrogens with two attached hydrogens (primary N) is 1. The van der Waals surface area contributed by atoms with Crippen LogP contribution in [0.5, 0.6) is 0 Å². The number of quaternary nitrogens is 2. The van der Waals surface area contributed by atoms with Crippen LogP contribution >= 0.6 is 0 Å². The van der Waals surface area contributed by atoms with E-state index in [1.54, 1.807) is 4.90 Å². The fraction of sp³-hybridized carbons (Fsp3) is 0.700. The molecular weight excluding hydrogens is 316 g/mol. The quantitative estimate of drug-likeness (QED) is 0.555. The molecule has 2 fully saturated rings. The van der Waals surface area contributed by atoms with Gasteiger partial charge in [0.25, 0.3) is 0 Å². The Hall–Kier alpha value is -0.980. The van der Waals surface area contributed by atoms with Crippen molar-refractivity contribution in [2.75, 3.05) is 39.5 Å². The Labute approximate surface area is 151 Å². The average molecular weight is 351 g/mol. The van der Waals surface area contributed by atoms with E-state index in [1.165, 1.54) is 31.5 Å². The minimum absolute atomic E-state index is 0.244. The molecule has 3 rings (SSSR count). The van der Waals surface area contributed by atoms with Gasteiger partial charge in [0, 0.05) is 25.0 Å². The summed E-state index contributed by atoms with van der Waals surface area (Å²) in [6.45, 7) is 6.23. The summed E-state index contributed by atoms with van der Waals surface area (Å²) >= 11 is 0. The second-order valence-corrected chi connectivity index (χ2v) is 7.55. The van der Waals surface area contributed by atoms with E-state index >= 15 is 0 Å². The number of hydrogen-bond acceptors (Lipinski definition) is 3. The fourth-order valence-corrected chi connectivity index (χ4v) is 3.87. The molecule has 0 saturated carbocycles. The van der Waals surface area contributed by atoms with Gasteiger partial charge < -0.3 is 24.8 Å². The number of benzene rings is 1. The number of ether oxygens (including phenoxy) is 2. The van der Waals surface area contributed by atoms with Crippen molar-refractivity contribution in [1.82, 2.24) is 0 Å².